The lowest BCUT2D eigenvalue weighted by molar-refractivity contribution is -0.875. The number of rotatable bonds is 1. The van der Waals surface area contributed by atoms with E-state index in [1.807, 2.05) is 19.1 Å². The van der Waals surface area contributed by atoms with Crippen molar-refractivity contribution in [2.24, 2.45) is 16.8 Å². The Balaban J connectivity index is 1.88. The van der Waals surface area contributed by atoms with Crippen molar-refractivity contribution in [1.29, 1.82) is 5.26 Å². The summed E-state index contributed by atoms with van der Waals surface area (Å²) < 4.78 is 0. The van der Waals surface area contributed by atoms with Gasteiger partial charge in [-0.2, -0.15) is 5.26 Å². The van der Waals surface area contributed by atoms with Crippen LogP contribution >= 0.6 is 11.6 Å². The van der Waals surface area contributed by atoms with Gasteiger partial charge in [-0.05, 0) is 24.6 Å². The molecule has 4 aliphatic heterocycles. The molecule has 1 N–H and O–H groups in total. The van der Waals surface area contributed by atoms with Crippen LogP contribution in [0.1, 0.15) is 31.2 Å². The largest absolute Gasteiger partial charge is 0.304 e. The first-order valence-corrected chi connectivity index (χ1v) is 8.36. The first-order valence-electron chi connectivity index (χ1n) is 7.98. The summed E-state index contributed by atoms with van der Waals surface area (Å²) in [6.07, 6.45) is 2.46. The molecule has 5 rings (SSSR count). The lowest BCUT2D eigenvalue weighted by Crippen LogP contribution is -3.13. The number of aliphatic imine (C=N–C) groups is 1. The highest BCUT2D eigenvalue weighted by molar-refractivity contribution is 6.30. The fourth-order valence-electron chi connectivity index (χ4n) is 4.31. The van der Waals surface area contributed by atoms with Gasteiger partial charge in [0.05, 0.1) is 25.1 Å². The van der Waals surface area contributed by atoms with Crippen LogP contribution in [0.3, 0.4) is 0 Å². The third kappa shape index (κ3) is 2.02. The van der Waals surface area contributed by atoms with Crippen LogP contribution in [0.5, 0.6) is 0 Å². The molecule has 22 heavy (non-hydrogen) atoms. The second kappa shape index (κ2) is 5.22. The number of hydrogen-bond donors (Lipinski definition) is 1. The third-order valence-corrected chi connectivity index (χ3v) is 5.64. The number of quaternary nitrogens is 1. The molecule has 4 heterocycles. The molecule has 0 aliphatic carbocycles. The van der Waals surface area contributed by atoms with Gasteiger partial charge >= 0.3 is 0 Å². The van der Waals surface area contributed by atoms with Crippen LogP contribution in [0.2, 0.25) is 5.02 Å². The molecule has 0 aromatic heterocycles. The molecular formula is C18H19ClN3+. The van der Waals surface area contributed by atoms with Gasteiger partial charge in [-0.25, -0.2) is 0 Å². The normalized spacial score (nSPS) is 33.2. The van der Waals surface area contributed by atoms with Gasteiger partial charge in [0.15, 0.2) is 0 Å². The third-order valence-electron chi connectivity index (χ3n) is 5.39. The Morgan fingerprint density at radius 2 is 1.91 bits per heavy atom. The van der Waals surface area contributed by atoms with Crippen molar-refractivity contribution < 1.29 is 4.90 Å². The van der Waals surface area contributed by atoms with E-state index < -0.39 is 0 Å². The summed E-state index contributed by atoms with van der Waals surface area (Å²) in [5.74, 6) is 0.566. The summed E-state index contributed by atoms with van der Waals surface area (Å²) in [7, 11) is 0. The van der Waals surface area contributed by atoms with E-state index in [9.17, 15) is 5.26 Å². The smallest absolute Gasteiger partial charge is 0.138 e. The molecule has 1 unspecified atom stereocenters. The molecule has 1 aromatic rings. The minimum absolute atomic E-state index is 0.132. The predicted octanol–water partition coefficient (Wildman–Crippen LogP) is 2.56. The van der Waals surface area contributed by atoms with Gasteiger partial charge in [0.2, 0.25) is 0 Å². The Bertz CT molecular complexity index is 703. The molecular weight excluding hydrogens is 294 g/mol. The number of nitrogens with one attached hydrogen (secondary N) is 1. The van der Waals surface area contributed by atoms with Crippen molar-refractivity contribution in [3.63, 3.8) is 0 Å². The molecule has 0 saturated carbocycles. The van der Waals surface area contributed by atoms with Crippen molar-refractivity contribution in [2.45, 2.75) is 25.7 Å². The van der Waals surface area contributed by atoms with Crippen LogP contribution in [-0.2, 0) is 0 Å². The van der Waals surface area contributed by atoms with Crippen LogP contribution in [0, 0.1) is 23.2 Å². The Morgan fingerprint density at radius 3 is 2.55 bits per heavy atom. The molecule has 4 aliphatic rings. The van der Waals surface area contributed by atoms with Crippen molar-refractivity contribution in [3.8, 4) is 6.07 Å². The molecule has 112 valence electrons. The van der Waals surface area contributed by atoms with Gasteiger partial charge in [-0.15, -0.1) is 0 Å². The van der Waals surface area contributed by atoms with Crippen molar-refractivity contribution in [3.05, 3.63) is 46.2 Å². The van der Waals surface area contributed by atoms with Crippen molar-refractivity contribution in [1.82, 2.24) is 0 Å². The van der Waals surface area contributed by atoms with Gasteiger partial charge < -0.3 is 4.90 Å². The minimum Gasteiger partial charge on any atom is -0.304 e. The maximum absolute atomic E-state index is 9.72. The lowest BCUT2D eigenvalue weighted by Gasteiger charge is -2.43. The summed E-state index contributed by atoms with van der Waals surface area (Å²) in [5, 5.41) is 10.5. The van der Waals surface area contributed by atoms with E-state index in [0.717, 1.165) is 10.7 Å². The zero-order chi connectivity index (χ0) is 15.3. The van der Waals surface area contributed by atoms with Crippen LogP contribution in [0.15, 0.2) is 40.7 Å². The highest BCUT2D eigenvalue weighted by Crippen LogP contribution is 2.42. The van der Waals surface area contributed by atoms with E-state index in [0.29, 0.717) is 5.92 Å². The molecule has 1 aromatic carbocycles. The van der Waals surface area contributed by atoms with Crippen LogP contribution in [0.4, 0.5) is 0 Å². The number of fused-ring (bicyclic) bond motifs is 2. The summed E-state index contributed by atoms with van der Waals surface area (Å²) in [5.41, 5.74) is 4.81. The molecule has 4 heteroatoms. The molecule has 1 fully saturated rings. The summed E-state index contributed by atoms with van der Waals surface area (Å²) in [4.78, 5) is 6.40. The van der Waals surface area contributed by atoms with Crippen LogP contribution in [0.25, 0.3) is 0 Å². The second-order valence-electron chi connectivity index (χ2n) is 6.57. The van der Waals surface area contributed by atoms with Gasteiger partial charge in [0.1, 0.15) is 17.3 Å². The molecule has 1 saturated heterocycles. The van der Waals surface area contributed by atoms with E-state index in [-0.39, 0.29) is 11.8 Å². The summed E-state index contributed by atoms with van der Waals surface area (Å²) in [6.45, 7) is 4.37. The average Bonchev–Trinajstić information content (AvgIpc) is 2.55. The quantitative estimate of drug-likeness (QED) is 0.850. The number of nitriles is 1. The molecule has 0 radical (unpaired) electrons. The topological polar surface area (TPSA) is 40.6 Å². The first-order chi connectivity index (χ1) is 10.7. The van der Waals surface area contributed by atoms with E-state index in [2.05, 4.69) is 18.2 Å². The van der Waals surface area contributed by atoms with E-state index in [1.165, 1.54) is 47.8 Å². The van der Waals surface area contributed by atoms with Gasteiger partial charge in [0, 0.05) is 29.5 Å². The maximum atomic E-state index is 9.72. The van der Waals surface area contributed by atoms with Gasteiger partial charge in [0.25, 0.3) is 0 Å². The van der Waals surface area contributed by atoms with Crippen LogP contribution in [-0.4, -0.2) is 18.8 Å². The summed E-state index contributed by atoms with van der Waals surface area (Å²) >= 11 is 6.04. The van der Waals surface area contributed by atoms with Crippen molar-refractivity contribution >= 4 is 17.3 Å². The summed E-state index contributed by atoms with van der Waals surface area (Å²) in [6, 6.07) is 10.5. The number of allylic oxidation sites excluding steroid dienone is 2. The molecule has 2 atom stereocenters. The Hall–Kier alpha value is -1.63. The second-order valence-corrected chi connectivity index (χ2v) is 7.00. The Labute approximate surface area is 135 Å². The maximum Gasteiger partial charge on any atom is 0.138 e. The van der Waals surface area contributed by atoms with Gasteiger partial charge in [-0.1, -0.05) is 23.7 Å². The van der Waals surface area contributed by atoms with E-state index in [1.54, 1.807) is 0 Å². The zero-order valence-corrected chi connectivity index (χ0v) is 13.4. The van der Waals surface area contributed by atoms with Crippen LogP contribution < -0.4 is 4.90 Å². The number of piperidine rings is 1. The molecule has 2 bridgehead atoms. The Morgan fingerprint density at radius 1 is 1.23 bits per heavy atom. The number of halogens is 1. The fraction of sp³-hybridized carbons (Fsp3) is 0.444. The predicted molar refractivity (Wildman–Crippen MR) is 86.9 cm³/mol. The highest BCUT2D eigenvalue weighted by Gasteiger charge is 2.47. The molecule has 3 nitrogen and oxygen atoms in total. The Kier molecular flexibility index (Phi) is 3.32. The number of benzene rings is 1. The molecule has 0 amide bonds. The van der Waals surface area contributed by atoms with Gasteiger partial charge in [-0.3, -0.25) is 4.99 Å². The number of hydrogen-bond acceptors (Lipinski definition) is 2. The van der Waals surface area contributed by atoms with E-state index in [4.69, 9.17) is 16.6 Å². The monoisotopic (exact) mass is 312 g/mol. The zero-order valence-electron chi connectivity index (χ0n) is 12.6. The average molecular weight is 313 g/mol. The van der Waals surface area contributed by atoms with E-state index >= 15 is 0 Å². The highest BCUT2D eigenvalue weighted by atomic mass is 35.5. The minimum atomic E-state index is -0.160. The standard InChI is InChI=1S/C18H18ClN3/c1-11-15(10-20)16(12-2-4-14(19)5-3-12)18-17(21-11)13-6-8-22(18)9-7-13/h2-5,13,15-16H,6-9H2,1H3/p+1/t15?,16-/m1/s1. The fourth-order valence-corrected chi connectivity index (χ4v) is 4.43. The SMILES string of the molecule is CC1=NC2=C([C@H](c3ccc(Cl)cc3)C1C#N)[NH+]1CCC2CC1. The molecule has 0 spiro atoms. The van der Waals surface area contributed by atoms with Crippen molar-refractivity contribution in [2.75, 3.05) is 13.1 Å². The first kappa shape index (κ1) is 14.0. The number of nitrogens with zero attached hydrogens (tertiary/aromatic N) is 2. The lowest BCUT2D eigenvalue weighted by atomic mass is 9.73.